The lowest BCUT2D eigenvalue weighted by molar-refractivity contribution is 0.0500. The minimum atomic E-state index is -0.659. The number of anilines is 1. The van der Waals surface area contributed by atoms with Gasteiger partial charge in [-0.1, -0.05) is 11.6 Å². The van der Waals surface area contributed by atoms with E-state index in [2.05, 4.69) is 16.4 Å². The SMILES string of the molecule is Cn1c(C#N)nc2c(C#N)c(N3CCC[C@@H](NC(=O)OC(C)(C)C)C3)n(Cc3cc(F)ccc3Cl)c2c1=O. The lowest BCUT2D eigenvalue weighted by Gasteiger charge is -2.35. The van der Waals surface area contributed by atoms with Gasteiger partial charge in [-0.2, -0.15) is 10.5 Å². The summed E-state index contributed by atoms with van der Waals surface area (Å²) in [4.78, 5) is 32.1. The van der Waals surface area contributed by atoms with E-state index in [-0.39, 0.29) is 35.0 Å². The molecule has 1 aromatic carbocycles. The number of aromatic nitrogens is 3. The molecule has 1 aliphatic heterocycles. The van der Waals surface area contributed by atoms with Crippen molar-refractivity contribution in [2.24, 2.45) is 7.05 Å². The van der Waals surface area contributed by atoms with Crippen LogP contribution in [0.1, 0.15) is 50.6 Å². The molecule has 10 nitrogen and oxygen atoms in total. The Balaban J connectivity index is 1.86. The van der Waals surface area contributed by atoms with E-state index in [1.54, 1.807) is 25.3 Å². The molecule has 198 valence electrons. The van der Waals surface area contributed by atoms with Crippen LogP contribution in [0.4, 0.5) is 15.0 Å². The topological polar surface area (TPSA) is 129 Å². The summed E-state index contributed by atoms with van der Waals surface area (Å²) in [7, 11) is 1.42. The second-order valence-corrected chi connectivity index (χ2v) is 10.6. The van der Waals surface area contributed by atoms with Gasteiger partial charge >= 0.3 is 6.09 Å². The number of piperidine rings is 1. The number of rotatable bonds is 4. The predicted octanol–water partition coefficient (Wildman–Crippen LogP) is 3.81. The van der Waals surface area contributed by atoms with E-state index >= 15 is 0 Å². The highest BCUT2D eigenvalue weighted by atomic mass is 35.5. The number of alkyl carbamates (subject to hydrolysis) is 1. The monoisotopic (exact) mass is 539 g/mol. The lowest BCUT2D eigenvalue weighted by Crippen LogP contribution is -2.49. The lowest BCUT2D eigenvalue weighted by atomic mass is 10.1. The quantitative estimate of drug-likeness (QED) is 0.533. The van der Waals surface area contributed by atoms with Gasteiger partial charge in [-0.25, -0.2) is 14.2 Å². The first-order chi connectivity index (χ1) is 17.9. The van der Waals surface area contributed by atoms with Gasteiger partial charge in [-0.3, -0.25) is 9.36 Å². The highest BCUT2D eigenvalue weighted by Gasteiger charge is 2.31. The number of nitrogens with one attached hydrogen (secondary N) is 1. The summed E-state index contributed by atoms with van der Waals surface area (Å²) in [5.74, 6) is -0.256. The van der Waals surface area contributed by atoms with Crippen LogP contribution in [0.15, 0.2) is 23.0 Å². The third-order valence-corrected chi connectivity index (χ3v) is 6.61. The summed E-state index contributed by atoms with van der Waals surface area (Å²) in [5, 5.41) is 22.9. The summed E-state index contributed by atoms with van der Waals surface area (Å²) >= 11 is 6.37. The molecule has 38 heavy (non-hydrogen) atoms. The Morgan fingerprint density at radius 1 is 1.32 bits per heavy atom. The molecule has 4 rings (SSSR count). The average Bonchev–Trinajstić information content (AvgIpc) is 3.15. The largest absolute Gasteiger partial charge is 0.444 e. The average molecular weight is 540 g/mol. The maximum absolute atomic E-state index is 14.1. The Bertz CT molecular complexity index is 1560. The fraction of sp³-hybridized carbons (Fsp3) is 0.423. The molecule has 1 aliphatic rings. The Morgan fingerprint density at radius 2 is 2.05 bits per heavy atom. The smallest absolute Gasteiger partial charge is 0.407 e. The first-order valence-corrected chi connectivity index (χ1v) is 12.4. The number of ether oxygens (including phenoxy) is 1. The minimum absolute atomic E-state index is 0.0203. The Morgan fingerprint density at radius 3 is 2.71 bits per heavy atom. The van der Waals surface area contributed by atoms with E-state index in [0.717, 1.165) is 4.57 Å². The second-order valence-electron chi connectivity index (χ2n) is 10.2. The van der Waals surface area contributed by atoms with E-state index in [1.807, 2.05) is 11.0 Å². The molecule has 0 spiro atoms. The van der Waals surface area contributed by atoms with Crippen molar-refractivity contribution in [2.45, 2.75) is 51.8 Å². The van der Waals surface area contributed by atoms with Crippen LogP contribution in [-0.2, 0) is 18.3 Å². The molecular formula is C26H27ClFN7O3. The number of halogens is 2. The number of hydrogen-bond acceptors (Lipinski definition) is 7. The molecular weight excluding hydrogens is 513 g/mol. The first-order valence-electron chi connectivity index (χ1n) is 12.0. The van der Waals surface area contributed by atoms with Gasteiger partial charge < -0.3 is 19.5 Å². The van der Waals surface area contributed by atoms with Crippen LogP contribution >= 0.6 is 11.6 Å². The standard InChI is InChI=1S/C26H27ClFN7O3/c1-26(2,3)38-25(37)31-17-6-5-9-34(14-17)23-18(11-29)21-22(24(36)33(4)20(12-30)32-21)35(23)13-15-10-16(28)7-8-19(15)27/h7-8,10,17H,5-6,9,13-14H2,1-4H3,(H,31,37)/t17-/m1/s1. The summed E-state index contributed by atoms with van der Waals surface area (Å²) in [6.45, 7) is 6.16. The number of fused-ring (bicyclic) bond motifs is 1. The van der Waals surface area contributed by atoms with E-state index in [4.69, 9.17) is 16.3 Å². The summed E-state index contributed by atoms with van der Waals surface area (Å²) in [6, 6.07) is 7.68. The van der Waals surface area contributed by atoms with E-state index < -0.39 is 23.1 Å². The van der Waals surface area contributed by atoms with Crippen molar-refractivity contribution < 1.29 is 13.9 Å². The molecule has 1 fully saturated rings. The van der Waals surface area contributed by atoms with Crippen LogP contribution in [0, 0.1) is 28.5 Å². The van der Waals surface area contributed by atoms with E-state index in [9.17, 15) is 24.5 Å². The van der Waals surface area contributed by atoms with Crippen molar-refractivity contribution in [1.29, 1.82) is 10.5 Å². The maximum Gasteiger partial charge on any atom is 0.407 e. The molecule has 0 bridgehead atoms. The van der Waals surface area contributed by atoms with Crippen LogP contribution in [-0.4, -0.2) is 44.9 Å². The van der Waals surface area contributed by atoms with Gasteiger partial charge in [-0.15, -0.1) is 0 Å². The van der Waals surface area contributed by atoms with Crippen LogP contribution in [0.3, 0.4) is 0 Å². The Hall–Kier alpha value is -4.09. The zero-order valence-electron chi connectivity index (χ0n) is 21.5. The van der Waals surface area contributed by atoms with Crippen molar-refractivity contribution in [2.75, 3.05) is 18.0 Å². The summed E-state index contributed by atoms with van der Waals surface area (Å²) in [5.41, 5.74) is -0.492. The molecule has 1 N–H and O–H groups in total. The molecule has 3 aromatic rings. The minimum Gasteiger partial charge on any atom is -0.444 e. The zero-order chi connectivity index (χ0) is 27.8. The molecule has 3 heterocycles. The molecule has 0 saturated carbocycles. The predicted molar refractivity (Wildman–Crippen MR) is 140 cm³/mol. The fourth-order valence-electron chi connectivity index (χ4n) is 4.64. The number of carbonyl (C=O) groups is 1. The molecule has 12 heteroatoms. The number of nitrogens with zero attached hydrogens (tertiary/aromatic N) is 6. The highest BCUT2D eigenvalue weighted by molar-refractivity contribution is 6.31. The third-order valence-electron chi connectivity index (χ3n) is 6.24. The molecule has 0 radical (unpaired) electrons. The molecule has 0 aliphatic carbocycles. The number of carbonyl (C=O) groups excluding carboxylic acids is 1. The third kappa shape index (κ3) is 5.29. The Labute approximate surface area is 223 Å². The van der Waals surface area contributed by atoms with Crippen LogP contribution in [0.5, 0.6) is 0 Å². The number of hydrogen-bond donors (Lipinski definition) is 1. The normalized spacial score (nSPS) is 15.7. The van der Waals surface area contributed by atoms with Gasteiger partial charge in [0, 0.05) is 31.2 Å². The van der Waals surface area contributed by atoms with Crippen LogP contribution in [0.2, 0.25) is 5.02 Å². The first kappa shape index (κ1) is 27.0. The zero-order valence-corrected chi connectivity index (χ0v) is 22.3. The van der Waals surface area contributed by atoms with Gasteiger partial charge in [0.2, 0.25) is 5.82 Å². The number of benzene rings is 1. The molecule has 1 amide bonds. The molecule has 2 aromatic heterocycles. The van der Waals surface area contributed by atoms with Gasteiger partial charge in [-0.05, 0) is 57.4 Å². The molecule has 1 atom stereocenters. The van der Waals surface area contributed by atoms with Crippen LogP contribution < -0.4 is 15.8 Å². The maximum atomic E-state index is 14.1. The van der Waals surface area contributed by atoms with E-state index in [0.29, 0.717) is 42.3 Å². The van der Waals surface area contributed by atoms with Crippen molar-refractivity contribution >= 4 is 34.5 Å². The number of nitriles is 2. The Kier molecular flexibility index (Phi) is 7.34. The number of amides is 1. The van der Waals surface area contributed by atoms with Crippen molar-refractivity contribution in [3.8, 4) is 12.1 Å². The highest BCUT2D eigenvalue weighted by Crippen LogP contribution is 2.34. The van der Waals surface area contributed by atoms with Gasteiger partial charge in [0.05, 0.1) is 6.54 Å². The summed E-state index contributed by atoms with van der Waals surface area (Å²) in [6.07, 6.45) is 0.820. The molecule has 1 saturated heterocycles. The molecule has 0 unspecified atom stereocenters. The van der Waals surface area contributed by atoms with Crippen molar-refractivity contribution in [1.82, 2.24) is 19.4 Å². The summed E-state index contributed by atoms with van der Waals surface area (Å²) < 4.78 is 22.2. The van der Waals surface area contributed by atoms with Gasteiger partial charge in [0.15, 0.2) is 0 Å². The van der Waals surface area contributed by atoms with E-state index in [1.165, 1.54) is 25.2 Å². The van der Waals surface area contributed by atoms with Crippen LogP contribution in [0.25, 0.3) is 11.0 Å². The van der Waals surface area contributed by atoms with Crippen molar-refractivity contribution in [3.63, 3.8) is 0 Å². The second kappa shape index (κ2) is 10.3. The van der Waals surface area contributed by atoms with Crippen molar-refractivity contribution in [3.05, 3.63) is 56.3 Å². The van der Waals surface area contributed by atoms with Gasteiger partial charge in [0.25, 0.3) is 5.56 Å². The fourth-order valence-corrected chi connectivity index (χ4v) is 4.81. The van der Waals surface area contributed by atoms with Gasteiger partial charge in [0.1, 0.15) is 46.0 Å².